The minimum atomic E-state index is 0.644. The molecule has 0 radical (unpaired) electrons. The van der Waals surface area contributed by atoms with E-state index in [1.165, 1.54) is 36.4 Å². The van der Waals surface area contributed by atoms with E-state index >= 15 is 0 Å². The molecule has 23 heavy (non-hydrogen) atoms. The number of likely N-dealkylation sites (tertiary alicyclic amines) is 1. The monoisotopic (exact) mass is 329 g/mol. The second-order valence-corrected chi connectivity index (χ2v) is 7.54. The standard InChI is InChI=1S/C18H23N3OS/c1-2-8-19-17(3-1)22-12-14-6-9-21(10-7-14)11-16-13-23-18(20-16)15-4-5-15/h1-3,8,13-15H,4-7,9-12H2. The molecule has 0 N–H and O–H groups in total. The lowest BCUT2D eigenvalue weighted by molar-refractivity contribution is 0.134. The zero-order valence-corrected chi connectivity index (χ0v) is 14.2. The molecular weight excluding hydrogens is 306 g/mol. The summed E-state index contributed by atoms with van der Waals surface area (Å²) >= 11 is 1.85. The fourth-order valence-corrected chi connectivity index (χ4v) is 4.07. The third kappa shape index (κ3) is 4.09. The largest absolute Gasteiger partial charge is 0.477 e. The molecule has 1 saturated carbocycles. The van der Waals surface area contributed by atoms with Crippen LogP contribution in [0.4, 0.5) is 0 Å². The highest BCUT2D eigenvalue weighted by atomic mass is 32.1. The summed E-state index contributed by atoms with van der Waals surface area (Å²) in [6.07, 6.45) is 6.86. The average molecular weight is 329 g/mol. The van der Waals surface area contributed by atoms with Gasteiger partial charge in [0.05, 0.1) is 17.3 Å². The Balaban J connectivity index is 1.21. The van der Waals surface area contributed by atoms with Crippen molar-refractivity contribution in [3.05, 3.63) is 40.5 Å². The highest BCUT2D eigenvalue weighted by Crippen LogP contribution is 2.41. The normalized spacial score (nSPS) is 19.8. The van der Waals surface area contributed by atoms with Crippen molar-refractivity contribution < 1.29 is 4.74 Å². The highest BCUT2D eigenvalue weighted by molar-refractivity contribution is 7.09. The van der Waals surface area contributed by atoms with Crippen LogP contribution in [0.25, 0.3) is 0 Å². The van der Waals surface area contributed by atoms with Crippen LogP contribution in [0.3, 0.4) is 0 Å². The number of rotatable bonds is 6. The van der Waals surface area contributed by atoms with E-state index in [2.05, 4.69) is 15.3 Å². The summed E-state index contributed by atoms with van der Waals surface area (Å²) in [6, 6.07) is 5.81. The molecule has 0 spiro atoms. The zero-order chi connectivity index (χ0) is 15.5. The molecule has 1 aliphatic carbocycles. The lowest BCUT2D eigenvalue weighted by Crippen LogP contribution is -2.35. The molecule has 1 aliphatic heterocycles. The lowest BCUT2D eigenvalue weighted by atomic mass is 9.98. The Labute approximate surface area is 141 Å². The maximum atomic E-state index is 5.80. The number of ether oxygens (including phenoxy) is 1. The van der Waals surface area contributed by atoms with Crippen molar-refractivity contribution in [2.45, 2.75) is 38.1 Å². The Morgan fingerprint density at radius 2 is 2.04 bits per heavy atom. The Hall–Kier alpha value is -1.46. The van der Waals surface area contributed by atoms with Crippen LogP contribution in [0.1, 0.15) is 42.3 Å². The fraction of sp³-hybridized carbons (Fsp3) is 0.556. The van der Waals surface area contributed by atoms with Gasteiger partial charge in [0.2, 0.25) is 5.88 Å². The topological polar surface area (TPSA) is 38.2 Å². The molecule has 1 saturated heterocycles. The molecule has 2 fully saturated rings. The van der Waals surface area contributed by atoms with Crippen LogP contribution in [0.2, 0.25) is 0 Å². The highest BCUT2D eigenvalue weighted by Gasteiger charge is 2.27. The third-order valence-electron chi connectivity index (χ3n) is 4.69. The molecule has 0 aromatic carbocycles. The van der Waals surface area contributed by atoms with E-state index in [1.54, 1.807) is 6.20 Å². The molecule has 2 aromatic heterocycles. The number of hydrogen-bond acceptors (Lipinski definition) is 5. The van der Waals surface area contributed by atoms with Crippen LogP contribution in [0, 0.1) is 5.92 Å². The van der Waals surface area contributed by atoms with E-state index < -0.39 is 0 Å². The van der Waals surface area contributed by atoms with E-state index in [0.29, 0.717) is 5.92 Å². The van der Waals surface area contributed by atoms with Crippen molar-refractivity contribution in [3.63, 3.8) is 0 Å². The summed E-state index contributed by atoms with van der Waals surface area (Å²) in [4.78, 5) is 11.6. The van der Waals surface area contributed by atoms with Gasteiger partial charge in [-0.3, -0.25) is 4.90 Å². The first kappa shape index (κ1) is 15.1. The SMILES string of the molecule is c1ccc(OCC2CCN(Cc3csc(C4CC4)n3)CC2)nc1. The van der Waals surface area contributed by atoms with Gasteiger partial charge in [-0.25, -0.2) is 9.97 Å². The maximum Gasteiger partial charge on any atom is 0.213 e. The number of thiazole rings is 1. The number of pyridine rings is 1. The van der Waals surface area contributed by atoms with Crippen molar-refractivity contribution in [1.82, 2.24) is 14.9 Å². The van der Waals surface area contributed by atoms with Gasteiger partial charge < -0.3 is 4.74 Å². The number of piperidine rings is 1. The molecule has 5 heteroatoms. The minimum absolute atomic E-state index is 0.644. The van der Waals surface area contributed by atoms with Gasteiger partial charge in [0.25, 0.3) is 0 Å². The van der Waals surface area contributed by atoms with E-state index in [4.69, 9.17) is 9.72 Å². The van der Waals surface area contributed by atoms with Crippen LogP contribution in [-0.2, 0) is 6.54 Å². The smallest absolute Gasteiger partial charge is 0.213 e. The second-order valence-electron chi connectivity index (χ2n) is 6.65. The van der Waals surface area contributed by atoms with Gasteiger partial charge in [0.1, 0.15) is 0 Å². The third-order valence-corrected chi connectivity index (χ3v) is 5.75. The van der Waals surface area contributed by atoms with Crippen LogP contribution < -0.4 is 4.74 Å². The Kier molecular flexibility index (Phi) is 4.57. The van der Waals surface area contributed by atoms with E-state index in [1.807, 2.05) is 29.5 Å². The van der Waals surface area contributed by atoms with E-state index in [-0.39, 0.29) is 0 Å². The van der Waals surface area contributed by atoms with Crippen molar-refractivity contribution in [2.24, 2.45) is 5.92 Å². The predicted molar refractivity (Wildman–Crippen MR) is 91.8 cm³/mol. The molecule has 0 bridgehead atoms. The minimum Gasteiger partial charge on any atom is -0.477 e. The molecule has 0 unspecified atom stereocenters. The van der Waals surface area contributed by atoms with Crippen LogP contribution in [-0.4, -0.2) is 34.6 Å². The number of hydrogen-bond donors (Lipinski definition) is 0. The molecule has 2 aliphatic rings. The summed E-state index contributed by atoms with van der Waals surface area (Å²) in [5, 5.41) is 3.61. The zero-order valence-electron chi connectivity index (χ0n) is 13.4. The summed E-state index contributed by atoms with van der Waals surface area (Å²) in [6.45, 7) is 4.09. The number of aromatic nitrogens is 2. The van der Waals surface area contributed by atoms with Crippen molar-refractivity contribution in [2.75, 3.05) is 19.7 Å². The summed E-state index contributed by atoms with van der Waals surface area (Å²) < 4.78 is 5.80. The summed E-state index contributed by atoms with van der Waals surface area (Å²) in [5.41, 5.74) is 1.26. The van der Waals surface area contributed by atoms with Gasteiger partial charge in [0.15, 0.2) is 0 Å². The van der Waals surface area contributed by atoms with Gasteiger partial charge in [-0.2, -0.15) is 0 Å². The molecule has 0 amide bonds. The second kappa shape index (κ2) is 6.97. The van der Waals surface area contributed by atoms with Crippen LogP contribution >= 0.6 is 11.3 Å². The number of nitrogens with zero attached hydrogens (tertiary/aromatic N) is 3. The average Bonchev–Trinajstić information content (AvgIpc) is 3.35. The quantitative estimate of drug-likeness (QED) is 0.810. The molecule has 4 rings (SSSR count). The first-order chi connectivity index (χ1) is 11.4. The molecule has 3 heterocycles. The van der Waals surface area contributed by atoms with Crippen molar-refractivity contribution >= 4 is 11.3 Å². The van der Waals surface area contributed by atoms with E-state index in [9.17, 15) is 0 Å². The van der Waals surface area contributed by atoms with Gasteiger partial charge in [-0.15, -0.1) is 11.3 Å². The first-order valence-electron chi connectivity index (χ1n) is 8.57. The molecule has 0 atom stereocenters. The Morgan fingerprint density at radius 1 is 1.17 bits per heavy atom. The first-order valence-corrected chi connectivity index (χ1v) is 9.45. The van der Waals surface area contributed by atoms with Gasteiger partial charge in [-0.05, 0) is 50.8 Å². The maximum absolute atomic E-state index is 5.80. The summed E-state index contributed by atoms with van der Waals surface area (Å²) in [7, 11) is 0. The lowest BCUT2D eigenvalue weighted by Gasteiger charge is -2.31. The van der Waals surface area contributed by atoms with Crippen LogP contribution in [0.5, 0.6) is 5.88 Å². The van der Waals surface area contributed by atoms with Gasteiger partial charge in [0, 0.05) is 30.1 Å². The predicted octanol–water partition coefficient (Wildman–Crippen LogP) is 3.71. The Morgan fingerprint density at radius 3 is 2.78 bits per heavy atom. The van der Waals surface area contributed by atoms with Crippen LogP contribution in [0.15, 0.2) is 29.8 Å². The molecule has 4 nitrogen and oxygen atoms in total. The summed E-state index contributed by atoms with van der Waals surface area (Å²) in [5.74, 6) is 2.17. The fourth-order valence-electron chi connectivity index (χ4n) is 3.09. The molecular formula is C18H23N3OS. The van der Waals surface area contributed by atoms with Crippen molar-refractivity contribution in [1.29, 1.82) is 0 Å². The molecule has 2 aromatic rings. The van der Waals surface area contributed by atoms with E-state index in [0.717, 1.165) is 38.0 Å². The van der Waals surface area contributed by atoms with Gasteiger partial charge >= 0.3 is 0 Å². The van der Waals surface area contributed by atoms with Gasteiger partial charge in [-0.1, -0.05) is 6.07 Å². The van der Waals surface area contributed by atoms with Crippen molar-refractivity contribution in [3.8, 4) is 5.88 Å². The molecule has 122 valence electrons. The Bertz CT molecular complexity index is 618.